The molecule has 166 valence electrons. The molecule has 0 bridgehead atoms. The van der Waals surface area contributed by atoms with E-state index in [4.69, 9.17) is 9.16 Å². The largest absolute Gasteiger partial charge is 0.501 e. The molecule has 0 fully saturated rings. The molecule has 0 aliphatic heterocycles. The number of rotatable bonds is 9. The minimum Gasteiger partial charge on any atom is -0.501 e. The van der Waals surface area contributed by atoms with E-state index < -0.39 is 13.7 Å². The third kappa shape index (κ3) is 5.95. The van der Waals surface area contributed by atoms with Crippen molar-refractivity contribution in [1.82, 2.24) is 0 Å². The summed E-state index contributed by atoms with van der Waals surface area (Å²) in [4.78, 5) is 13.3. The van der Waals surface area contributed by atoms with Crippen molar-refractivity contribution in [3.05, 3.63) is 59.9 Å². The predicted molar refractivity (Wildman–Crippen MR) is 128 cm³/mol. The van der Waals surface area contributed by atoms with Crippen LogP contribution in [0.3, 0.4) is 0 Å². The van der Waals surface area contributed by atoms with Crippen LogP contribution in [0.5, 0.6) is 0 Å². The summed E-state index contributed by atoms with van der Waals surface area (Å²) in [6.07, 6.45) is 5.68. The van der Waals surface area contributed by atoms with E-state index in [-0.39, 0.29) is 16.9 Å². The molecule has 4 heteroatoms. The number of hydrogen-bond donors (Lipinski definition) is 0. The topological polar surface area (TPSA) is 35.5 Å². The Hall–Kier alpha value is -1.65. The Balaban J connectivity index is 2.26. The first-order valence-corrected chi connectivity index (χ1v) is 14.0. The third-order valence-electron chi connectivity index (χ3n) is 6.99. The van der Waals surface area contributed by atoms with Gasteiger partial charge >= 0.3 is 0 Å². The van der Waals surface area contributed by atoms with Crippen LogP contribution in [0.4, 0.5) is 0 Å². The number of carbonyl (C=O) groups is 1. The second kappa shape index (κ2) is 9.65. The smallest absolute Gasteiger partial charge is 0.192 e. The second-order valence-corrected chi connectivity index (χ2v) is 15.1. The molecular weight excluding hydrogens is 388 g/mol. The van der Waals surface area contributed by atoms with Crippen molar-refractivity contribution in [3.63, 3.8) is 0 Å². The molecule has 30 heavy (non-hydrogen) atoms. The van der Waals surface area contributed by atoms with Crippen molar-refractivity contribution in [2.45, 2.75) is 84.0 Å². The van der Waals surface area contributed by atoms with Gasteiger partial charge in [0.25, 0.3) is 0 Å². The van der Waals surface area contributed by atoms with Gasteiger partial charge in [0.1, 0.15) is 0 Å². The molecule has 1 aromatic carbocycles. The molecule has 0 amide bonds. The van der Waals surface area contributed by atoms with Crippen molar-refractivity contribution in [3.8, 4) is 0 Å². The highest BCUT2D eigenvalue weighted by molar-refractivity contribution is 6.74. The zero-order valence-electron chi connectivity index (χ0n) is 20.0. The Bertz CT molecular complexity index is 773. The van der Waals surface area contributed by atoms with Crippen LogP contribution in [0.25, 0.3) is 0 Å². The normalized spacial score (nSPS) is 21.2. The summed E-state index contributed by atoms with van der Waals surface area (Å²) in [5, 5.41) is 0.138. The van der Waals surface area contributed by atoms with Gasteiger partial charge in [-0.1, -0.05) is 63.3 Å². The Labute approximate surface area is 184 Å². The molecule has 1 aliphatic rings. The SMILES string of the molecule is C=C(C)C(CCC1(Cc2ccccc2)CCC(OC)=CC1=O)O[Si](C)(C)C(C)(C)C. The zero-order valence-corrected chi connectivity index (χ0v) is 21.0. The monoisotopic (exact) mass is 428 g/mol. The van der Waals surface area contributed by atoms with E-state index in [1.54, 1.807) is 13.2 Å². The van der Waals surface area contributed by atoms with E-state index in [1.807, 2.05) is 25.1 Å². The molecule has 0 spiro atoms. The number of benzene rings is 1. The van der Waals surface area contributed by atoms with Gasteiger partial charge in [-0.05, 0) is 56.3 Å². The molecule has 0 radical (unpaired) electrons. The summed E-state index contributed by atoms with van der Waals surface area (Å²) in [7, 11) is -0.281. The van der Waals surface area contributed by atoms with Crippen LogP contribution in [0.1, 0.15) is 58.9 Å². The summed E-state index contributed by atoms with van der Waals surface area (Å²) in [5.41, 5.74) is 1.84. The summed E-state index contributed by atoms with van der Waals surface area (Å²) < 4.78 is 12.1. The molecule has 1 aromatic rings. The van der Waals surface area contributed by atoms with Crippen LogP contribution in [0.2, 0.25) is 18.1 Å². The fourth-order valence-electron chi connectivity index (χ4n) is 3.86. The second-order valence-electron chi connectivity index (χ2n) is 10.4. The number of hydrogen-bond acceptors (Lipinski definition) is 3. The Morgan fingerprint density at radius 1 is 1.23 bits per heavy atom. The molecule has 0 heterocycles. The molecule has 2 unspecified atom stereocenters. The van der Waals surface area contributed by atoms with Crippen molar-refractivity contribution in [2.24, 2.45) is 5.41 Å². The van der Waals surface area contributed by atoms with Crippen molar-refractivity contribution in [1.29, 1.82) is 0 Å². The summed E-state index contributed by atoms with van der Waals surface area (Å²) in [6.45, 7) is 17.6. The standard InChI is InChI=1S/C26H40O3Si/c1-20(2)23(29-30(7,8)25(3,4)5)15-17-26(19-21-12-10-9-11-13-21)16-14-22(28-6)18-24(26)27/h9-13,18,23H,1,14-17,19H2,2-8H3. The Morgan fingerprint density at radius 2 is 1.87 bits per heavy atom. The number of allylic oxidation sites excluding steroid dienone is 2. The Kier molecular flexibility index (Phi) is 7.92. The zero-order chi connectivity index (χ0) is 22.6. The highest BCUT2D eigenvalue weighted by Crippen LogP contribution is 2.43. The van der Waals surface area contributed by atoms with E-state index in [9.17, 15) is 4.79 Å². The van der Waals surface area contributed by atoms with Crippen LogP contribution in [0.15, 0.2) is 54.3 Å². The number of methoxy groups -OCH3 is 1. The number of ether oxygens (including phenoxy) is 1. The fraction of sp³-hybridized carbons (Fsp3) is 0.577. The lowest BCUT2D eigenvalue weighted by atomic mass is 9.68. The number of carbonyl (C=O) groups excluding carboxylic acids is 1. The van der Waals surface area contributed by atoms with Gasteiger partial charge < -0.3 is 9.16 Å². The first kappa shape index (κ1) is 24.6. The van der Waals surface area contributed by atoms with Gasteiger partial charge in [-0.2, -0.15) is 0 Å². The molecule has 0 saturated heterocycles. The van der Waals surface area contributed by atoms with Crippen LogP contribution in [-0.2, 0) is 20.4 Å². The van der Waals surface area contributed by atoms with Crippen LogP contribution >= 0.6 is 0 Å². The van der Waals surface area contributed by atoms with Crippen molar-refractivity contribution in [2.75, 3.05) is 7.11 Å². The maximum Gasteiger partial charge on any atom is 0.192 e. The maximum absolute atomic E-state index is 13.3. The summed E-state index contributed by atoms with van der Waals surface area (Å²) in [6, 6.07) is 10.3. The highest BCUT2D eigenvalue weighted by atomic mass is 28.4. The average Bonchev–Trinajstić information content (AvgIpc) is 2.66. The van der Waals surface area contributed by atoms with Gasteiger partial charge in [-0.15, -0.1) is 0 Å². The Morgan fingerprint density at radius 3 is 2.37 bits per heavy atom. The lowest BCUT2D eigenvalue weighted by Crippen LogP contribution is -2.45. The van der Waals surface area contributed by atoms with Crippen LogP contribution in [0, 0.1) is 5.41 Å². The third-order valence-corrected chi connectivity index (χ3v) is 11.5. The van der Waals surface area contributed by atoms with Gasteiger partial charge in [-0.3, -0.25) is 4.79 Å². The predicted octanol–water partition coefficient (Wildman–Crippen LogP) is 6.86. The first-order chi connectivity index (χ1) is 13.9. The van der Waals surface area contributed by atoms with E-state index in [0.717, 1.165) is 43.4 Å². The van der Waals surface area contributed by atoms with E-state index >= 15 is 0 Å². The molecule has 0 saturated carbocycles. The lowest BCUT2D eigenvalue weighted by molar-refractivity contribution is -0.126. The molecule has 2 rings (SSSR count). The van der Waals surface area contributed by atoms with Gasteiger partial charge in [-0.25, -0.2) is 0 Å². The molecule has 1 aliphatic carbocycles. The lowest BCUT2D eigenvalue weighted by Gasteiger charge is -2.41. The van der Waals surface area contributed by atoms with E-state index in [0.29, 0.717) is 0 Å². The van der Waals surface area contributed by atoms with Crippen LogP contribution in [-0.4, -0.2) is 27.3 Å². The molecule has 2 atom stereocenters. The summed E-state index contributed by atoms with van der Waals surface area (Å²) in [5.74, 6) is 0.972. The van der Waals surface area contributed by atoms with E-state index in [1.165, 1.54) is 5.56 Å². The highest BCUT2D eigenvalue weighted by Gasteiger charge is 2.42. The first-order valence-electron chi connectivity index (χ1n) is 11.1. The minimum atomic E-state index is -1.93. The minimum absolute atomic E-state index is 0.0147. The molecule has 3 nitrogen and oxygen atoms in total. The number of ketones is 1. The van der Waals surface area contributed by atoms with Gasteiger partial charge in [0.05, 0.1) is 19.0 Å². The van der Waals surface area contributed by atoms with Crippen molar-refractivity contribution >= 4 is 14.1 Å². The molecule has 0 N–H and O–H groups in total. The average molecular weight is 429 g/mol. The van der Waals surface area contributed by atoms with E-state index in [2.05, 4.69) is 52.6 Å². The quantitative estimate of drug-likeness (QED) is 0.318. The summed E-state index contributed by atoms with van der Waals surface area (Å²) >= 11 is 0. The van der Waals surface area contributed by atoms with Gasteiger partial charge in [0, 0.05) is 17.9 Å². The van der Waals surface area contributed by atoms with Gasteiger partial charge in [0.2, 0.25) is 0 Å². The molecular formula is C26H40O3Si. The van der Waals surface area contributed by atoms with Gasteiger partial charge in [0.15, 0.2) is 14.1 Å². The van der Waals surface area contributed by atoms with Crippen LogP contribution < -0.4 is 0 Å². The molecule has 0 aromatic heterocycles. The fourth-order valence-corrected chi connectivity index (χ4v) is 5.25. The van der Waals surface area contributed by atoms with Crippen molar-refractivity contribution < 1.29 is 14.0 Å². The maximum atomic E-state index is 13.3.